The third-order valence-corrected chi connectivity index (χ3v) is 4.79. The summed E-state index contributed by atoms with van der Waals surface area (Å²) >= 11 is 0. The molecule has 0 N–H and O–H groups in total. The Bertz CT molecular complexity index is 914. The van der Waals surface area contributed by atoms with Crippen LogP contribution in [0, 0.1) is 5.92 Å². The van der Waals surface area contributed by atoms with Crippen LogP contribution in [0.4, 0.5) is 27.8 Å². The van der Waals surface area contributed by atoms with E-state index in [9.17, 15) is 26.7 Å². The molecule has 28 heavy (non-hydrogen) atoms. The maximum Gasteiger partial charge on any atom is 0.435 e. The van der Waals surface area contributed by atoms with Crippen molar-refractivity contribution in [1.82, 2.24) is 19.7 Å². The maximum absolute atomic E-state index is 13.1. The molecule has 2 aromatic heterocycles. The first kappa shape index (κ1) is 18.8. The SMILES string of the molecule is O=c1ccc(C(F)(F)F)nn1CC1CN(c2cc(C(F)F)nc(C3CC3)n2)C1. The number of aromatic nitrogens is 4. The fraction of sp³-hybridized carbons (Fsp3) is 0.529. The van der Waals surface area contributed by atoms with Gasteiger partial charge in [-0.3, -0.25) is 4.79 Å². The molecule has 6 nitrogen and oxygen atoms in total. The van der Waals surface area contributed by atoms with Crippen LogP contribution in [0.5, 0.6) is 0 Å². The Labute approximate surface area is 156 Å². The largest absolute Gasteiger partial charge is 0.435 e. The highest BCUT2D eigenvalue weighted by atomic mass is 19.4. The smallest absolute Gasteiger partial charge is 0.356 e. The zero-order valence-electron chi connectivity index (χ0n) is 14.5. The Hall–Kier alpha value is -2.59. The summed E-state index contributed by atoms with van der Waals surface area (Å²) in [7, 11) is 0. The highest BCUT2D eigenvalue weighted by Crippen LogP contribution is 2.40. The van der Waals surface area contributed by atoms with Crippen LogP contribution in [0.15, 0.2) is 23.0 Å². The van der Waals surface area contributed by atoms with Gasteiger partial charge in [0.25, 0.3) is 12.0 Å². The van der Waals surface area contributed by atoms with Crippen molar-refractivity contribution in [2.45, 2.75) is 37.9 Å². The second kappa shape index (κ2) is 6.78. The van der Waals surface area contributed by atoms with Gasteiger partial charge in [0, 0.05) is 37.1 Å². The van der Waals surface area contributed by atoms with E-state index >= 15 is 0 Å². The fourth-order valence-electron chi connectivity index (χ4n) is 3.12. The molecule has 2 aliphatic rings. The molecular formula is C17H16F5N5O. The highest BCUT2D eigenvalue weighted by molar-refractivity contribution is 5.43. The van der Waals surface area contributed by atoms with Crippen molar-refractivity contribution in [3.05, 3.63) is 45.8 Å². The molecule has 3 heterocycles. The first-order valence-electron chi connectivity index (χ1n) is 8.78. The molecule has 4 rings (SSSR count). The molecule has 1 saturated carbocycles. The van der Waals surface area contributed by atoms with Crippen molar-refractivity contribution in [3.63, 3.8) is 0 Å². The topological polar surface area (TPSA) is 63.9 Å². The lowest BCUT2D eigenvalue weighted by Gasteiger charge is -2.40. The van der Waals surface area contributed by atoms with Crippen molar-refractivity contribution >= 4 is 5.82 Å². The van der Waals surface area contributed by atoms with Crippen LogP contribution in [0.25, 0.3) is 0 Å². The van der Waals surface area contributed by atoms with Gasteiger partial charge in [-0.25, -0.2) is 23.4 Å². The Balaban J connectivity index is 1.46. The lowest BCUT2D eigenvalue weighted by molar-refractivity contribution is -0.142. The molecule has 1 aliphatic carbocycles. The maximum atomic E-state index is 13.1. The van der Waals surface area contributed by atoms with Crippen LogP contribution in [0.1, 0.15) is 42.4 Å². The Kier molecular flexibility index (Phi) is 4.54. The van der Waals surface area contributed by atoms with Crippen molar-refractivity contribution < 1.29 is 22.0 Å². The van der Waals surface area contributed by atoms with Gasteiger partial charge in [0.2, 0.25) is 0 Å². The van der Waals surface area contributed by atoms with Crippen LogP contribution in [-0.2, 0) is 12.7 Å². The lowest BCUT2D eigenvalue weighted by atomic mass is 10.00. The number of nitrogens with zero attached hydrogens (tertiary/aromatic N) is 5. The summed E-state index contributed by atoms with van der Waals surface area (Å²) < 4.78 is 65.3. The molecule has 0 unspecified atom stereocenters. The molecule has 1 aliphatic heterocycles. The number of anilines is 1. The van der Waals surface area contributed by atoms with E-state index in [-0.39, 0.29) is 24.1 Å². The average molecular weight is 401 g/mol. The number of alkyl halides is 5. The second-order valence-corrected chi connectivity index (χ2v) is 7.09. The number of hydrogen-bond acceptors (Lipinski definition) is 5. The van der Waals surface area contributed by atoms with Crippen LogP contribution < -0.4 is 10.5 Å². The fourth-order valence-corrected chi connectivity index (χ4v) is 3.12. The average Bonchev–Trinajstić information content (AvgIpc) is 3.42. The first-order valence-corrected chi connectivity index (χ1v) is 8.78. The summed E-state index contributed by atoms with van der Waals surface area (Å²) in [4.78, 5) is 21.8. The van der Waals surface area contributed by atoms with E-state index in [0.29, 0.717) is 30.8 Å². The molecular weight excluding hydrogens is 385 g/mol. The normalized spacial score (nSPS) is 17.9. The summed E-state index contributed by atoms with van der Waals surface area (Å²) in [5.41, 5.74) is -2.08. The van der Waals surface area contributed by atoms with Gasteiger partial charge < -0.3 is 4.90 Å². The zero-order valence-corrected chi connectivity index (χ0v) is 14.5. The summed E-state index contributed by atoms with van der Waals surface area (Å²) in [5.74, 6) is 0.769. The van der Waals surface area contributed by atoms with Crippen molar-refractivity contribution in [2.24, 2.45) is 5.92 Å². The molecule has 0 atom stereocenters. The molecule has 0 bridgehead atoms. The van der Waals surface area contributed by atoms with E-state index in [2.05, 4.69) is 15.1 Å². The molecule has 2 aromatic rings. The second-order valence-electron chi connectivity index (χ2n) is 7.09. The molecule has 11 heteroatoms. The third kappa shape index (κ3) is 3.83. The standard InChI is InChI=1S/C17H16F5N5O/c18-15(19)11-5-13(24-16(23-11)10-1-2-10)26-6-9(7-26)8-27-14(28)4-3-12(25-27)17(20,21)22/h3-5,9-10,15H,1-2,6-8H2. The van der Waals surface area contributed by atoms with E-state index in [1.54, 1.807) is 4.90 Å². The highest BCUT2D eigenvalue weighted by Gasteiger charge is 2.35. The van der Waals surface area contributed by atoms with E-state index in [1.807, 2.05) is 0 Å². The van der Waals surface area contributed by atoms with Gasteiger partial charge in [-0.1, -0.05) is 0 Å². The van der Waals surface area contributed by atoms with Crippen LogP contribution in [0.3, 0.4) is 0 Å². The number of halogens is 5. The quantitative estimate of drug-likeness (QED) is 0.721. The van der Waals surface area contributed by atoms with E-state index < -0.39 is 23.9 Å². The van der Waals surface area contributed by atoms with E-state index in [0.717, 1.165) is 23.6 Å². The van der Waals surface area contributed by atoms with Gasteiger partial charge >= 0.3 is 6.18 Å². The molecule has 150 valence electrons. The Morgan fingerprint density at radius 1 is 1.14 bits per heavy atom. The van der Waals surface area contributed by atoms with Crippen LogP contribution in [-0.4, -0.2) is 32.8 Å². The molecule has 0 aromatic carbocycles. The summed E-state index contributed by atoms with van der Waals surface area (Å²) in [6.07, 6.45) is -5.59. The summed E-state index contributed by atoms with van der Waals surface area (Å²) in [6, 6.07) is 2.73. The first-order chi connectivity index (χ1) is 13.2. The minimum atomic E-state index is -4.63. The van der Waals surface area contributed by atoms with Crippen molar-refractivity contribution in [3.8, 4) is 0 Å². The molecule has 0 radical (unpaired) electrons. The van der Waals surface area contributed by atoms with Crippen LogP contribution >= 0.6 is 0 Å². The van der Waals surface area contributed by atoms with Gasteiger partial charge in [0.1, 0.15) is 17.3 Å². The monoisotopic (exact) mass is 401 g/mol. The summed E-state index contributed by atoms with van der Waals surface area (Å²) in [6.45, 7) is 0.782. The summed E-state index contributed by atoms with van der Waals surface area (Å²) in [5, 5.41) is 3.38. The Morgan fingerprint density at radius 3 is 2.46 bits per heavy atom. The predicted molar refractivity (Wildman–Crippen MR) is 88.2 cm³/mol. The molecule has 2 fully saturated rings. The molecule has 0 amide bonds. The predicted octanol–water partition coefficient (Wildman–Crippen LogP) is 3.00. The minimum absolute atomic E-state index is 0.0154. The van der Waals surface area contributed by atoms with Crippen LogP contribution in [0.2, 0.25) is 0 Å². The van der Waals surface area contributed by atoms with Crippen molar-refractivity contribution in [1.29, 1.82) is 0 Å². The van der Waals surface area contributed by atoms with E-state index in [4.69, 9.17) is 0 Å². The molecule has 1 saturated heterocycles. The molecule has 0 spiro atoms. The van der Waals surface area contributed by atoms with Gasteiger partial charge in [0.05, 0.1) is 6.54 Å². The minimum Gasteiger partial charge on any atom is -0.356 e. The number of rotatable bonds is 5. The number of hydrogen-bond donors (Lipinski definition) is 0. The van der Waals surface area contributed by atoms with Gasteiger partial charge in [-0.2, -0.15) is 18.3 Å². The van der Waals surface area contributed by atoms with E-state index in [1.165, 1.54) is 6.07 Å². The van der Waals surface area contributed by atoms with Gasteiger partial charge in [0.15, 0.2) is 5.69 Å². The van der Waals surface area contributed by atoms with Crippen molar-refractivity contribution in [2.75, 3.05) is 18.0 Å². The lowest BCUT2D eigenvalue weighted by Crippen LogP contribution is -2.50. The van der Waals surface area contributed by atoms with Gasteiger partial charge in [-0.15, -0.1) is 0 Å². The Morgan fingerprint density at radius 2 is 1.86 bits per heavy atom. The third-order valence-electron chi connectivity index (χ3n) is 4.79. The zero-order chi connectivity index (χ0) is 20.1. The van der Waals surface area contributed by atoms with Gasteiger partial charge in [-0.05, 0) is 18.9 Å².